The van der Waals surface area contributed by atoms with Gasteiger partial charge in [0.1, 0.15) is 19.3 Å². The Morgan fingerprint density at radius 3 is 1.78 bits per heavy atom. The third kappa shape index (κ3) is 8.39. The van der Waals surface area contributed by atoms with Gasteiger partial charge >= 0.3 is 0 Å². The summed E-state index contributed by atoms with van der Waals surface area (Å²) >= 11 is 31.3. The molecule has 0 aliphatic rings. The number of rotatable bonds is 12. The molecule has 0 fully saturated rings. The molecule has 0 aliphatic carbocycles. The molecule has 0 heterocycles. The first kappa shape index (κ1) is 27.2. The monoisotopic (exact) mass is 538 g/mol. The van der Waals surface area contributed by atoms with Crippen molar-refractivity contribution in [3.05, 3.63) is 55.5 Å². The summed E-state index contributed by atoms with van der Waals surface area (Å²) < 4.78 is 16.3. The molecule has 174 valence electrons. The minimum Gasteiger partial charge on any atom is -0.490 e. The number of aliphatic hydroxyl groups excluding tert-OH is 1. The van der Waals surface area contributed by atoms with Crippen LogP contribution in [-0.4, -0.2) is 43.5 Å². The van der Waals surface area contributed by atoms with Crippen LogP contribution in [0.2, 0.25) is 20.1 Å². The predicted molar refractivity (Wildman–Crippen MR) is 132 cm³/mol. The third-order valence-corrected chi connectivity index (χ3v) is 5.87. The molecule has 32 heavy (non-hydrogen) atoms. The summed E-state index contributed by atoms with van der Waals surface area (Å²) in [5.74, 6) is 3.68. The first-order valence-electron chi connectivity index (χ1n) is 9.71. The number of hydrogen-bond acceptors (Lipinski definition) is 4. The summed E-state index contributed by atoms with van der Waals surface area (Å²) in [4.78, 5) is 0. The third-order valence-electron chi connectivity index (χ3n) is 4.22. The molecule has 0 aromatic heterocycles. The molecule has 0 spiro atoms. The molecular formula is C23H23Cl5O4. The van der Waals surface area contributed by atoms with E-state index >= 15 is 0 Å². The predicted octanol–water partition coefficient (Wildman–Crippen LogP) is 6.53. The highest BCUT2D eigenvalue weighted by Gasteiger charge is 2.15. The Bertz CT molecular complexity index is 898. The standard InChI is InChI=1S/C23H23Cl5O4/c1-3-4-30-12-17(29)13-32-23-20(27)8-16(9-21(23)28)5-15-6-18(25)22(19(26)7-15)31-11-14(2)10-24/h1,6-9,14,17,29H,4-5,10-13H2,2H3/t14-,17-/m1/s1. The Hall–Kier alpha value is -1.03. The lowest BCUT2D eigenvalue weighted by Crippen LogP contribution is -2.23. The topological polar surface area (TPSA) is 47.9 Å². The second kappa shape index (κ2) is 13.6. The molecular weight excluding hydrogens is 518 g/mol. The van der Waals surface area contributed by atoms with Gasteiger partial charge in [-0.15, -0.1) is 18.0 Å². The second-order valence-corrected chi connectivity index (χ2v) is 9.15. The SMILES string of the molecule is C#CCOC[C@@H](O)COc1c(Cl)cc(Cc2cc(Cl)c(OC[C@H](C)CCl)c(Cl)c2)cc1Cl. The van der Waals surface area contributed by atoms with E-state index in [2.05, 4.69) is 5.92 Å². The van der Waals surface area contributed by atoms with E-state index in [1.54, 1.807) is 24.3 Å². The molecule has 2 atom stereocenters. The smallest absolute Gasteiger partial charge is 0.156 e. The summed E-state index contributed by atoms with van der Waals surface area (Å²) in [5, 5.41) is 11.3. The van der Waals surface area contributed by atoms with E-state index in [1.165, 1.54) is 0 Å². The van der Waals surface area contributed by atoms with Gasteiger partial charge in [0.05, 0.1) is 33.3 Å². The Morgan fingerprint density at radius 1 is 0.875 bits per heavy atom. The zero-order valence-corrected chi connectivity index (χ0v) is 21.1. The lowest BCUT2D eigenvalue weighted by Gasteiger charge is -2.16. The Morgan fingerprint density at radius 2 is 1.34 bits per heavy atom. The van der Waals surface area contributed by atoms with Crippen LogP contribution in [0.4, 0.5) is 0 Å². The zero-order valence-electron chi connectivity index (χ0n) is 17.3. The molecule has 0 aliphatic heterocycles. The second-order valence-electron chi connectivity index (χ2n) is 7.21. The summed E-state index contributed by atoms with van der Waals surface area (Å²) in [6, 6.07) is 7.04. The maximum atomic E-state index is 9.88. The van der Waals surface area contributed by atoms with Gasteiger partial charge in [-0.3, -0.25) is 0 Å². The molecule has 0 bridgehead atoms. The molecule has 4 nitrogen and oxygen atoms in total. The van der Waals surface area contributed by atoms with Crippen molar-refractivity contribution in [2.24, 2.45) is 5.92 Å². The van der Waals surface area contributed by atoms with Gasteiger partial charge in [0.2, 0.25) is 0 Å². The number of alkyl halides is 1. The molecule has 2 aromatic rings. The van der Waals surface area contributed by atoms with E-state index in [-0.39, 0.29) is 31.5 Å². The summed E-state index contributed by atoms with van der Waals surface area (Å²) in [6.45, 7) is 2.50. The number of aliphatic hydroxyl groups is 1. The quantitative estimate of drug-likeness (QED) is 0.189. The van der Waals surface area contributed by atoms with Gasteiger partial charge in [-0.25, -0.2) is 0 Å². The molecule has 0 unspecified atom stereocenters. The van der Waals surface area contributed by atoms with Gasteiger partial charge in [0.25, 0.3) is 0 Å². The van der Waals surface area contributed by atoms with Crippen LogP contribution in [0.25, 0.3) is 0 Å². The summed E-state index contributed by atoms with van der Waals surface area (Å²) in [6.07, 6.45) is 4.71. The van der Waals surface area contributed by atoms with Crippen LogP contribution in [0.5, 0.6) is 11.5 Å². The Kier molecular flexibility index (Phi) is 11.6. The van der Waals surface area contributed by atoms with Gasteiger partial charge < -0.3 is 19.3 Å². The van der Waals surface area contributed by atoms with Crippen LogP contribution >= 0.6 is 58.0 Å². The molecule has 0 amide bonds. The number of terminal acetylenes is 1. The van der Waals surface area contributed by atoms with Crippen LogP contribution < -0.4 is 9.47 Å². The van der Waals surface area contributed by atoms with Gasteiger partial charge in [0, 0.05) is 11.8 Å². The van der Waals surface area contributed by atoms with Crippen molar-refractivity contribution in [2.45, 2.75) is 19.4 Å². The molecule has 1 N–H and O–H groups in total. The molecule has 2 aromatic carbocycles. The van der Waals surface area contributed by atoms with Crippen molar-refractivity contribution < 1.29 is 19.3 Å². The highest BCUT2D eigenvalue weighted by atomic mass is 35.5. The van der Waals surface area contributed by atoms with Gasteiger partial charge in [-0.05, 0) is 41.8 Å². The summed E-state index contributed by atoms with van der Waals surface area (Å²) in [5.41, 5.74) is 1.70. The highest BCUT2D eigenvalue weighted by molar-refractivity contribution is 6.38. The van der Waals surface area contributed by atoms with Crippen molar-refractivity contribution in [3.8, 4) is 23.8 Å². The van der Waals surface area contributed by atoms with E-state index < -0.39 is 6.10 Å². The lowest BCUT2D eigenvalue weighted by molar-refractivity contribution is 0.0229. The Labute approximate surface area is 213 Å². The van der Waals surface area contributed by atoms with Crippen molar-refractivity contribution in [1.29, 1.82) is 0 Å². The number of ether oxygens (including phenoxy) is 3. The van der Waals surface area contributed by atoms with Crippen LogP contribution in [0.15, 0.2) is 24.3 Å². The van der Waals surface area contributed by atoms with Crippen molar-refractivity contribution in [2.75, 3.05) is 32.3 Å². The van der Waals surface area contributed by atoms with Crippen molar-refractivity contribution in [1.82, 2.24) is 0 Å². The van der Waals surface area contributed by atoms with E-state index in [4.69, 9.17) is 78.6 Å². The van der Waals surface area contributed by atoms with Crippen LogP contribution in [-0.2, 0) is 11.2 Å². The fourth-order valence-electron chi connectivity index (χ4n) is 2.69. The average Bonchev–Trinajstić information content (AvgIpc) is 2.72. The lowest BCUT2D eigenvalue weighted by atomic mass is 10.0. The largest absolute Gasteiger partial charge is 0.490 e. The van der Waals surface area contributed by atoms with E-state index in [0.717, 1.165) is 11.1 Å². The normalized spacial score (nSPS) is 12.8. The minimum absolute atomic E-state index is 0.0433. The van der Waals surface area contributed by atoms with Crippen LogP contribution in [0.3, 0.4) is 0 Å². The zero-order chi connectivity index (χ0) is 23.7. The molecule has 0 radical (unpaired) electrons. The first-order valence-corrected chi connectivity index (χ1v) is 11.8. The summed E-state index contributed by atoms with van der Waals surface area (Å²) in [7, 11) is 0. The van der Waals surface area contributed by atoms with Gasteiger partial charge in [-0.2, -0.15) is 0 Å². The average molecular weight is 541 g/mol. The number of benzene rings is 2. The number of halogens is 5. The molecule has 0 saturated heterocycles. The molecule has 9 heteroatoms. The van der Waals surface area contributed by atoms with E-state index in [1.807, 2.05) is 6.92 Å². The molecule has 2 rings (SSSR count). The number of hydrogen-bond donors (Lipinski definition) is 1. The molecule has 0 saturated carbocycles. The van der Waals surface area contributed by atoms with Gasteiger partial charge in [0.15, 0.2) is 11.5 Å². The Balaban J connectivity index is 2.06. The minimum atomic E-state index is -0.868. The van der Waals surface area contributed by atoms with E-state index in [0.29, 0.717) is 44.7 Å². The van der Waals surface area contributed by atoms with Crippen LogP contribution in [0.1, 0.15) is 18.1 Å². The van der Waals surface area contributed by atoms with Gasteiger partial charge in [-0.1, -0.05) is 59.2 Å². The fourth-order valence-corrected chi connectivity index (χ4v) is 4.06. The fraction of sp³-hybridized carbons (Fsp3) is 0.391. The first-order chi connectivity index (χ1) is 15.2. The van der Waals surface area contributed by atoms with Crippen molar-refractivity contribution in [3.63, 3.8) is 0 Å². The maximum absolute atomic E-state index is 9.88. The van der Waals surface area contributed by atoms with E-state index in [9.17, 15) is 5.11 Å². The highest BCUT2D eigenvalue weighted by Crippen LogP contribution is 2.37. The van der Waals surface area contributed by atoms with Crippen molar-refractivity contribution >= 4 is 58.0 Å². The maximum Gasteiger partial charge on any atom is 0.156 e. The van der Waals surface area contributed by atoms with Crippen LogP contribution in [0, 0.1) is 18.3 Å².